The van der Waals surface area contributed by atoms with Crippen molar-refractivity contribution < 1.29 is 4.74 Å². The predicted molar refractivity (Wildman–Crippen MR) is 114 cm³/mol. The molecule has 1 heterocycles. The number of methoxy groups -OCH3 is 1. The Kier molecular flexibility index (Phi) is 6.44. The number of nitrogens with one attached hydrogen (secondary N) is 3. The van der Waals surface area contributed by atoms with Crippen LogP contribution in [0.4, 0.5) is 0 Å². The first-order valence-corrected chi connectivity index (χ1v) is 9.32. The van der Waals surface area contributed by atoms with Crippen molar-refractivity contribution >= 4 is 28.2 Å². The molecule has 0 saturated heterocycles. The van der Waals surface area contributed by atoms with E-state index in [4.69, 9.17) is 17.0 Å². The number of pyridine rings is 1. The first kappa shape index (κ1) is 18.9. The number of thiocarbonyl (C=S) groups is 1. The number of aromatic amines is 1. The molecule has 27 heavy (non-hydrogen) atoms. The zero-order valence-corrected chi connectivity index (χ0v) is 16.1. The Balaban J connectivity index is 1.49. The molecule has 140 valence electrons. The van der Waals surface area contributed by atoms with Crippen LogP contribution < -0.4 is 20.9 Å². The van der Waals surface area contributed by atoms with Crippen molar-refractivity contribution in [2.45, 2.75) is 12.8 Å². The molecule has 0 spiro atoms. The second-order valence-electron chi connectivity index (χ2n) is 6.25. The molecule has 3 rings (SSSR count). The van der Waals surface area contributed by atoms with Gasteiger partial charge in [-0.05, 0) is 54.2 Å². The lowest BCUT2D eigenvalue weighted by Gasteiger charge is -2.11. The van der Waals surface area contributed by atoms with Crippen LogP contribution in [-0.4, -0.2) is 30.3 Å². The van der Waals surface area contributed by atoms with Gasteiger partial charge in [0.25, 0.3) is 5.56 Å². The van der Waals surface area contributed by atoms with Crippen LogP contribution >= 0.6 is 12.2 Å². The lowest BCUT2D eigenvalue weighted by atomic mass is 10.1. The van der Waals surface area contributed by atoms with Gasteiger partial charge in [-0.2, -0.15) is 0 Å². The first-order chi connectivity index (χ1) is 13.2. The second-order valence-corrected chi connectivity index (χ2v) is 6.65. The molecule has 0 aliphatic heterocycles. The molecule has 2 aromatic carbocycles. The van der Waals surface area contributed by atoms with Crippen LogP contribution in [0.1, 0.15) is 11.1 Å². The molecule has 0 unspecified atom stereocenters. The van der Waals surface area contributed by atoms with Crippen LogP contribution in [0.3, 0.4) is 0 Å². The lowest BCUT2D eigenvalue weighted by Crippen LogP contribution is -2.37. The van der Waals surface area contributed by atoms with E-state index in [0.717, 1.165) is 35.2 Å². The summed E-state index contributed by atoms with van der Waals surface area (Å²) in [6, 6.07) is 17.8. The second kappa shape index (κ2) is 9.19. The molecule has 0 aliphatic carbocycles. The summed E-state index contributed by atoms with van der Waals surface area (Å²) in [6.07, 6.45) is 1.51. The number of fused-ring (bicyclic) bond motifs is 1. The molecule has 5 nitrogen and oxygen atoms in total. The number of aromatic nitrogens is 1. The molecule has 0 saturated carbocycles. The Morgan fingerprint density at radius 3 is 2.52 bits per heavy atom. The zero-order valence-electron chi connectivity index (χ0n) is 15.2. The molecular weight excluding hydrogens is 358 g/mol. The van der Waals surface area contributed by atoms with Crippen molar-refractivity contribution in [2.75, 3.05) is 20.2 Å². The van der Waals surface area contributed by atoms with E-state index in [-0.39, 0.29) is 5.56 Å². The summed E-state index contributed by atoms with van der Waals surface area (Å²) in [6.45, 7) is 1.37. The third-order valence-corrected chi connectivity index (χ3v) is 4.64. The molecule has 6 heteroatoms. The summed E-state index contributed by atoms with van der Waals surface area (Å²) >= 11 is 5.30. The fraction of sp³-hybridized carbons (Fsp3) is 0.238. The molecule has 0 fully saturated rings. The van der Waals surface area contributed by atoms with Crippen molar-refractivity contribution in [3.63, 3.8) is 0 Å². The number of hydrogen-bond donors (Lipinski definition) is 3. The standard InChI is InChI=1S/C21H23N3O2S/c1-26-18-8-7-16-13-17(20(25)24-19(16)14-18)10-12-23-21(27)22-11-9-15-5-3-2-4-6-15/h2-8,13-14H,9-12H2,1H3,(H,24,25)(H2,22,23,27). The van der Waals surface area contributed by atoms with Crippen LogP contribution in [0.15, 0.2) is 59.4 Å². The Labute approximate surface area is 163 Å². The van der Waals surface area contributed by atoms with Gasteiger partial charge in [-0.15, -0.1) is 0 Å². The fourth-order valence-electron chi connectivity index (χ4n) is 2.88. The quantitative estimate of drug-likeness (QED) is 0.549. The monoisotopic (exact) mass is 381 g/mol. The summed E-state index contributed by atoms with van der Waals surface area (Å²) in [4.78, 5) is 15.2. The third-order valence-electron chi connectivity index (χ3n) is 4.35. The van der Waals surface area contributed by atoms with E-state index >= 15 is 0 Å². The van der Waals surface area contributed by atoms with Gasteiger partial charge in [0, 0.05) is 24.7 Å². The Bertz CT molecular complexity index is 970. The molecule has 3 aromatic rings. The highest BCUT2D eigenvalue weighted by Gasteiger charge is 2.05. The molecule has 0 atom stereocenters. The zero-order chi connectivity index (χ0) is 19.1. The predicted octanol–water partition coefficient (Wildman–Crippen LogP) is 2.79. The molecule has 1 aromatic heterocycles. The van der Waals surface area contributed by atoms with Gasteiger partial charge in [0.2, 0.25) is 0 Å². The average molecular weight is 382 g/mol. The lowest BCUT2D eigenvalue weighted by molar-refractivity contribution is 0.415. The van der Waals surface area contributed by atoms with Gasteiger partial charge < -0.3 is 20.4 Å². The van der Waals surface area contributed by atoms with Crippen LogP contribution in [0.2, 0.25) is 0 Å². The summed E-state index contributed by atoms with van der Waals surface area (Å²) in [5, 5.41) is 7.94. The van der Waals surface area contributed by atoms with E-state index in [2.05, 4.69) is 27.8 Å². The third kappa shape index (κ3) is 5.31. The van der Waals surface area contributed by atoms with Gasteiger partial charge in [0.05, 0.1) is 12.6 Å². The molecule has 3 N–H and O–H groups in total. The van der Waals surface area contributed by atoms with Crippen LogP contribution in [0.25, 0.3) is 10.9 Å². The van der Waals surface area contributed by atoms with Gasteiger partial charge >= 0.3 is 0 Å². The smallest absolute Gasteiger partial charge is 0.251 e. The fourth-order valence-corrected chi connectivity index (χ4v) is 3.08. The minimum absolute atomic E-state index is 0.0829. The Hall–Kier alpha value is -2.86. The maximum absolute atomic E-state index is 12.3. The first-order valence-electron chi connectivity index (χ1n) is 8.91. The number of benzene rings is 2. The van der Waals surface area contributed by atoms with Crippen molar-refractivity contribution in [3.05, 3.63) is 76.1 Å². The number of rotatable bonds is 7. The molecule has 0 aliphatic rings. The van der Waals surface area contributed by atoms with Gasteiger partial charge in [-0.25, -0.2) is 0 Å². The topological polar surface area (TPSA) is 66.2 Å². The average Bonchev–Trinajstić information content (AvgIpc) is 2.69. The molecule has 0 radical (unpaired) electrons. The summed E-state index contributed by atoms with van der Waals surface area (Å²) in [5.41, 5.74) is 2.69. The van der Waals surface area contributed by atoms with E-state index in [1.165, 1.54) is 5.56 Å². The SMILES string of the molecule is COc1ccc2cc(CCNC(=S)NCCc3ccccc3)c(=O)[nH]c2c1. The van der Waals surface area contributed by atoms with E-state index in [1.807, 2.05) is 42.5 Å². The maximum Gasteiger partial charge on any atom is 0.251 e. The number of H-pyrrole nitrogens is 1. The van der Waals surface area contributed by atoms with Crippen molar-refractivity contribution in [2.24, 2.45) is 0 Å². The van der Waals surface area contributed by atoms with Gasteiger partial charge in [-0.1, -0.05) is 30.3 Å². The van der Waals surface area contributed by atoms with Crippen LogP contribution in [0.5, 0.6) is 5.75 Å². The normalized spacial score (nSPS) is 10.6. The molecule has 0 bridgehead atoms. The largest absolute Gasteiger partial charge is 0.497 e. The van der Waals surface area contributed by atoms with Gasteiger partial charge in [0.15, 0.2) is 5.11 Å². The number of hydrogen-bond acceptors (Lipinski definition) is 3. The molecular formula is C21H23N3O2S. The Morgan fingerprint density at radius 1 is 1.04 bits per heavy atom. The van der Waals surface area contributed by atoms with E-state index in [9.17, 15) is 4.79 Å². The summed E-state index contributed by atoms with van der Waals surface area (Å²) in [5.74, 6) is 0.722. The van der Waals surface area contributed by atoms with Gasteiger partial charge in [0.1, 0.15) is 5.75 Å². The highest BCUT2D eigenvalue weighted by molar-refractivity contribution is 7.80. The minimum atomic E-state index is -0.0829. The highest BCUT2D eigenvalue weighted by Crippen LogP contribution is 2.18. The van der Waals surface area contributed by atoms with Crippen molar-refractivity contribution in [1.82, 2.24) is 15.6 Å². The van der Waals surface area contributed by atoms with E-state index < -0.39 is 0 Å². The van der Waals surface area contributed by atoms with Crippen LogP contribution in [-0.2, 0) is 12.8 Å². The van der Waals surface area contributed by atoms with E-state index in [0.29, 0.717) is 18.1 Å². The van der Waals surface area contributed by atoms with Gasteiger partial charge in [-0.3, -0.25) is 4.79 Å². The summed E-state index contributed by atoms with van der Waals surface area (Å²) in [7, 11) is 1.61. The van der Waals surface area contributed by atoms with Crippen molar-refractivity contribution in [3.8, 4) is 5.75 Å². The maximum atomic E-state index is 12.3. The van der Waals surface area contributed by atoms with Crippen molar-refractivity contribution in [1.29, 1.82) is 0 Å². The molecule has 0 amide bonds. The highest BCUT2D eigenvalue weighted by atomic mass is 32.1. The summed E-state index contributed by atoms with van der Waals surface area (Å²) < 4.78 is 5.19. The number of ether oxygens (including phenoxy) is 1. The van der Waals surface area contributed by atoms with Crippen LogP contribution in [0, 0.1) is 0 Å². The van der Waals surface area contributed by atoms with E-state index in [1.54, 1.807) is 7.11 Å². The minimum Gasteiger partial charge on any atom is -0.497 e. The Morgan fingerprint density at radius 2 is 1.78 bits per heavy atom.